The highest BCUT2D eigenvalue weighted by Crippen LogP contribution is 2.38. The molecule has 0 amide bonds. The van der Waals surface area contributed by atoms with Crippen LogP contribution in [0.15, 0.2) is 27.2 Å². The SMILES string of the molecule is COc1cc(-c2cc(C(=O)O)no2)c(OC)cc1Br. The number of methoxy groups -OCH3 is 2. The van der Waals surface area contributed by atoms with Crippen LogP contribution >= 0.6 is 15.9 Å². The standard InChI is InChI=1S/C12H10BrNO5/c1-17-9-4-7(13)11(18-2)3-6(9)10-5-8(12(15)16)14-19-10/h3-5H,1-2H3,(H,15,16). The summed E-state index contributed by atoms with van der Waals surface area (Å²) in [7, 11) is 3.03. The molecule has 1 aromatic heterocycles. The van der Waals surface area contributed by atoms with Crippen LogP contribution in [0.25, 0.3) is 11.3 Å². The van der Waals surface area contributed by atoms with Crippen LogP contribution in [0.1, 0.15) is 10.5 Å². The van der Waals surface area contributed by atoms with E-state index in [0.29, 0.717) is 27.3 Å². The lowest BCUT2D eigenvalue weighted by Crippen LogP contribution is -1.94. The van der Waals surface area contributed by atoms with Crippen LogP contribution in [0.3, 0.4) is 0 Å². The molecule has 2 rings (SSSR count). The van der Waals surface area contributed by atoms with Gasteiger partial charge in [0.1, 0.15) is 11.5 Å². The van der Waals surface area contributed by atoms with Gasteiger partial charge in [0.25, 0.3) is 0 Å². The van der Waals surface area contributed by atoms with Crippen molar-refractivity contribution in [3.05, 3.63) is 28.4 Å². The summed E-state index contributed by atoms with van der Waals surface area (Å²) in [4.78, 5) is 10.8. The second-order valence-corrected chi connectivity index (χ2v) is 4.42. The molecule has 0 spiro atoms. The second-order valence-electron chi connectivity index (χ2n) is 3.57. The minimum absolute atomic E-state index is 0.168. The van der Waals surface area contributed by atoms with Gasteiger partial charge in [-0.25, -0.2) is 4.79 Å². The summed E-state index contributed by atoms with van der Waals surface area (Å²) < 4.78 is 16.1. The first kappa shape index (κ1) is 13.4. The van der Waals surface area contributed by atoms with Crippen LogP contribution in [0.4, 0.5) is 0 Å². The predicted octanol–water partition coefficient (Wildman–Crippen LogP) is 2.82. The van der Waals surface area contributed by atoms with Crippen molar-refractivity contribution in [3.8, 4) is 22.8 Å². The molecule has 0 bridgehead atoms. The molecule has 1 aromatic carbocycles. The average molecular weight is 328 g/mol. The number of carboxylic acid groups (broad SMARTS) is 1. The number of nitrogens with zero attached hydrogens (tertiary/aromatic N) is 1. The highest BCUT2D eigenvalue weighted by atomic mass is 79.9. The van der Waals surface area contributed by atoms with Gasteiger partial charge in [-0.1, -0.05) is 5.16 Å². The van der Waals surface area contributed by atoms with E-state index in [2.05, 4.69) is 21.1 Å². The first-order valence-corrected chi connectivity index (χ1v) is 5.98. The van der Waals surface area contributed by atoms with Crippen molar-refractivity contribution in [2.75, 3.05) is 14.2 Å². The fourth-order valence-electron chi connectivity index (χ4n) is 1.56. The molecule has 0 unspecified atom stereocenters. The Balaban J connectivity index is 2.55. The second kappa shape index (κ2) is 5.31. The molecule has 0 atom stereocenters. The van der Waals surface area contributed by atoms with Gasteiger partial charge in [-0.05, 0) is 28.1 Å². The van der Waals surface area contributed by atoms with Crippen molar-refractivity contribution in [2.45, 2.75) is 0 Å². The molecule has 0 saturated heterocycles. The summed E-state index contributed by atoms with van der Waals surface area (Å²) in [6.45, 7) is 0. The number of carboxylic acids is 1. The third-order valence-corrected chi connectivity index (χ3v) is 3.09. The zero-order chi connectivity index (χ0) is 14.0. The molecule has 0 fully saturated rings. The van der Waals surface area contributed by atoms with Gasteiger partial charge in [0.15, 0.2) is 11.5 Å². The zero-order valence-electron chi connectivity index (χ0n) is 10.1. The Morgan fingerprint density at radius 2 is 1.95 bits per heavy atom. The number of benzene rings is 1. The molecule has 1 heterocycles. The van der Waals surface area contributed by atoms with Crippen molar-refractivity contribution in [1.82, 2.24) is 5.16 Å². The third-order valence-electron chi connectivity index (χ3n) is 2.47. The lowest BCUT2D eigenvalue weighted by atomic mass is 10.1. The normalized spacial score (nSPS) is 10.3. The number of ether oxygens (including phenoxy) is 2. The molecule has 2 aromatic rings. The molecule has 100 valence electrons. The molecule has 6 nitrogen and oxygen atoms in total. The van der Waals surface area contributed by atoms with Crippen molar-refractivity contribution in [3.63, 3.8) is 0 Å². The Labute approximate surface area is 117 Å². The van der Waals surface area contributed by atoms with Gasteiger partial charge in [-0.15, -0.1) is 0 Å². The van der Waals surface area contributed by atoms with Crippen molar-refractivity contribution >= 4 is 21.9 Å². The summed E-state index contributed by atoms with van der Waals surface area (Å²) in [6, 6.07) is 4.71. The molecule has 7 heteroatoms. The number of hydrogen-bond acceptors (Lipinski definition) is 5. The Bertz CT molecular complexity index is 623. The minimum Gasteiger partial charge on any atom is -0.496 e. The first-order chi connectivity index (χ1) is 9.06. The lowest BCUT2D eigenvalue weighted by Gasteiger charge is -2.09. The topological polar surface area (TPSA) is 81.8 Å². The number of aromatic carboxylic acids is 1. The maximum atomic E-state index is 10.8. The molecule has 0 radical (unpaired) electrons. The van der Waals surface area contributed by atoms with Gasteiger partial charge in [0, 0.05) is 6.07 Å². The van der Waals surface area contributed by atoms with E-state index >= 15 is 0 Å². The van der Waals surface area contributed by atoms with Crippen LogP contribution in [0, 0.1) is 0 Å². The van der Waals surface area contributed by atoms with Crippen LogP contribution in [0.5, 0.6) is 11.5 Å². The Morgan fingerprint density at radius 3 is 2.47 bits per heavy atom. The summed E-state index contributed by atoms with van der Waals surface area (Å²) in [5.74, 6) is 0.225. The van der Waals surface area contributed by atoms with E-state index in [-0.39, 0.29) is 5.69 Å². The van der Waals surface area contributed by atoms with Gasteiger partial charge < -0.3 is 19.1 Å². The summed E-state index contributed by atoms with van der Waals surface area (Å²) in [6.07, 6.45) is 0. The first-order valence-electron chi connectivity index (χ1n) is 5.18. The largest absolute Gasteiger partial charge is 0.496 e. The highest BCUT2D eigenvalue weighted by Gasteiger charge is 2.17. The quantitative estimate of drug-likeness (QED) is 0.929. The molecule has 19 heavy (non-hydrogen) atoms. The number of halogens is 1. The van der Waals surface area contributed by atoms with Crippen LogP contribution in [0.2, 0.25) is 0 Å². The fraction of sp³-hybridized carbons (Fsp3) is 0.167. The van der Waals surface area contributed by atoms with Gasteiger partial charge >= 0.3 is 5.97 Å². The molecule has 0 aliphatic carbocycles. The summed E-state index contributed by atoms with van der Waals surface area (Å²) >= 11 is 3.34. The number of carbonyl (C=O) groups is 1. The number of rotatable bonds is 4. The minimum atomic E-state index is -1.15. The van der Waals surface area contributed by atoms with Crippen LogP contribution in [-0.2, 0) is 0 Å². The predicted molar refractivity (Wildman–Crippen MR) is 69.7 cm³/mol. The van der Waals surface area contributed by atoms with E-state index in [0.717, 1.165) is 0 Å². The van der Waals surface area contributed by atoms with Crippen LogP contribution < -0.4 is 9.47 Å². The summed E-state index contributed by atoms with van der Waals surface area (Å²) in [5.41, 5.74) is 0.390. The third kappa shape index (κ3) is 2.55. The van der Waals surface area contributed by atoms with Crippen LogP contribution in [-0.4, -0.2) is 30.5 Å². The lowest BCUT2D eigenvalue weighted by molar-refractivity contribution is 0.0686. The fourth-order valence-corrected chi connectivity index (χ4v) is 2.04. The van der Waals surface area contributed by atoms with Gasteiger partial charge in [0.2, 0.25) is 0 Å². The monoisotopic (exact) mass is 327 g/mol. The van der Waals surface area contributed by atoms with Crippen molar-refractivity contribution in [2.24, 2.45) is 0 Å². The number of hydrogen-bond donors (Lipinski definition) is 1. The van der Waals surface area contributed by atoms with Crippen molar-refractivity contribution in [1.29, 1.82) is 0 Å². The van der Waals surface area contributed by atoms with E-state index in [1.165, 1.54) is 20.3 Å². The van der Waals surface area contributed by atoms with E-state index in [4.69, 9.17) is 19.1 Å². The molecular formula is C12H10BrNO5. The molecular weight excluding hydrogens is 318 g/mol. The van der Waals surface area contributed by atoms with Gasteiger partial charge in [-0.3, -0.25) is 0 Å². The number of aromatic nitrogens is 1. The Morgan fingerprint density at radius 1 is 1.26 bits per heavy atom. The van der Waals surface area contributed by atoms with E-state index in [1.54, 1.807) is 12.1 Å². The molecule has 0 aliphatic rings. The maximum absolute atomic E-state index is 10.8. The van der Waals surface area contributed by atoms with Gasteiger partial charge in [-0.2, -0.15) is 0 Å². The molecule has 0 saturated carbocycles. The van der Waals surface area contributed by atoms with Gasteiger partial charge in [0.05, 0.1) is 24.3 Å². The Kier molecular flexibility index (Phi) is 3.75. The molecule has 0 aliphatic heterocycles. The summed E-state index contributed by atoms with van der Waals surface area (Å²) in [5, 5.41) is 12.3. The average Bonchev–Trinajstić information content (AvgIpc) is 2.88. The molecule has 1 N–H and O–H groups in total. The zero-order valence-corrected chi connectivity index (χ0v) is 11.7. The Hall–Kier alpha value is -2.02. The smallest absolute Gasteiger partial charge is 0.358 e. The van der Waals surface area contributed by atoms with Crippen molar-refractivity contribution < 1.29 is 23.9 Å². The van der Waals surface area contributed by atoms with E-state index < -0.39 is 5.97 Å². The highest BCUT2D eigenvalue weighted by molar-refractivity contribution is 9.10. The maximum Gasteiger partial charge on any atom is 0.358 e. The van der Waals surface area contributed by atoms with E-state index in [9.17, 15) is 4.79 Å². The van der Waals surface area contributed by atoms with E-state index in [1.807, 2.05) is 0 Å².